The van der Waals surface area contributed by atoms with E-state index < -0.39 is 5.91 Å². The lowest BCUT2D eigenvalue weighted by molar-refractivity contribution is -0.129. The molecule has 1 saturated carbocycles. The van der Waals surface area contributed by atoms with Gasteiger partial charge in [-0.3, -0.25) is 14.8 Å². The van der Waals surface area contributed by atoms with Gasteiger partial charge in [0.05, 0.1) is 4.88 Å². The number of amides is 1. The highest BCUT2D eigenvalue weighted by Gasteiger charge is 2.34. The Labute approximate surface area is 129 Å². The second-order valence-electron chi connectivity index (χ2n) is 6.29. The first-order valence-electron chi connectivity index (χ1n) is 7.54. The zero-order valence-electron chi connectivity index (χ0n) is 12.6. The van der Waals surface area contributed by atoms with Crippen molar-refractivity contribution >= 4 is 23.0 Å². The van der Waals surface area contributed by atoms with Gasteiger partial charge in [0, 0.05) is 16.7 Å². The van der Waals surface area contributed by atoms with Gasteiger partial charge in [-0.1, -0.05) is 33.1 Å². The number of carbonyl (C=O) groups is 2. The Morgan fingerprint density at radius 3 is 2.62 bits per heavy atom. The molecule has 1 aromatic heterocycles. The van der Waals surface area contributed by atoms with Gasteiger partial charge in [0.25, 0.3) is 5.91 Å². The molecule has 1 aromatic rings. The van der Waals surface area contributed by atoms with E-state index in [4.69, 9.17) is 5.21 Å². The van der Waals surface area contributed by atoms with Crippen LogP contribution < -0.4 is 5.48 Å². The fourth-order valence-electron chi connectivity index (χ4n) is 3.03. The van der Waals surface area contributed by atoms with E-state index in [0.29, 0.717) is 17.1 Å². The van der Waals surface area contributed by atoms with Crippen molar-refractivity contribution in [1.82, 2.24) is 5.48 Å². The number of rotatable bonds is 5. The van der Waals surface area contributed by atoms with Crippen LogP contribution in [0.3, 0.4) is 0 Å². The molecule has 1 aliphatic rings. The van der Waals surface area contributed by atoms with Crippen molar-refractivity contribution < 1.29 is 14.8 Å². The van der Waals surface area contributed by atoms with E-state index in [9.17, 15) is 9.59 Å². The Morgan fingerprint density at radius 2 is 2.00 bits per heavy atom. The minimum Gasteiger partial charge on any atom is -0.299 e. The number of hydroxylamine groups is 1. The number of carbonyl (C=O) groups excluding carboxylic acids is 2. The molecule has 1 amide bonds. The van der Waals surface area contributed by atoms with Gasteiger partial charge in [0.2, 0.25) is 0 Å². The SMILES string of the molecule is C[C@@H](CC(=O)C1(C)CCCCC1)c1ccc(C(=O)NO)s1. The molecule has 2 N–H and O–H groups in total. The summed E-state index contributed by atoms with van der Waals surface area (Å²) in [5.41, 5.74) is 1.48. The summed E-state index contributed by atoms with van der Waals surface area (Å²) in [4.78, 5) is 25.4. The first-order chi connectivity index (χ1) is 9.96. The van der Waals surface area contributed by atoms with Gasteiger partial charge in [-0.15, -0.1) is 11.3 Å². The van der Waals surface area contributed by atoms with Crippen LogP contribution in [0.15, 0.2) is 12.1 Å². The molecular weight excluding hydrogens is 286 g/mol. The van der Waals surface area contributed by atoms with E-state index in [1.807, 2.05) is 13.0 Å². The third-order valence-electron chi connectivity index (χ3n) is 4.56. The van der Waals surface area contributed by atoms with Crippen LogP contribution in [0.2, 0.25) is 0 Å². The van der Waals surface area contributed by atoms with Crippen molar-refractivity contribution in [2.45, 2.75) is 58.3 Å². The van der Waals surface area contributed by atoms with Crippen molar-refractivity contribution in [2.24, 2.45) is 5.41 Å². The maximum absolute atomic E-state index is 12.6. The Morgan fingerprint density at radius 1 is 1.33 bits per heavy atom. The van der Waals surface area contributed by atoms with Gasteiger partial charge in [-0.25, -0.2) is 5.48 Å². The van der Waals surface area contributed by atoms with Crippen molar-refractivity contribution in [3.05, 3.63) is 21.9 Å². The molecule has 0 radical (unpaired) electrons. The number of hydrogen-bond acceptors (Lipinski definition) is 4. The molecule has 4 nitrogen and oxygen atoms in total. The predicted molar refractivity (Wildman–Crippen MR) is 82.8 cm³/mol. The van der Waals surface area contributed by atoms with E-state index in [1.54, 1.807) is 11.5 Å². The van der Waals surface area contributed by atoms with Crippen molar-refractivity contribution in [2.75, 3.05) is 0 Å². The number of nitrogens with one attached hydrogen (secondary N) is 1. The lowest BCUT2D eigenvalue weighted by atomic mass is 9.71. The van der Waals surface area contributed by atoms with Crippen molar-refractivity contribution in [1.29, 1.82) is 0 Å². The average molecular weight is 309 g/mol. The third kappa shape index (κ3) is 3.71. The molecule has 116 valence electrons. The molecule has 0 aromatic carbocycles. The monoisotopic (exact) mass is 309 g/mol. The summed E-state index contributed by atoms with van der Waals surface area (Å²) in [5.74, 6) is -0.0400. The van der Waals surface area contributed by atoms with Gasteiger partial charge in [-0.05, 0) is 30.9 Å². The molecular formula is C16H23NO3S. The Kier molecular flexibility index (Phi) is 5.17. The van der Waals surface area contributed by atoms with Crippen LogP contribution in [0.1, 0.15) is 72.8 Å². The molecule has 1 heterocycles. The first kappa shape index (κ1) is 16.2. The molecule has 1 aliphatic carbocycles. The van der Waals surface area contributed by atoms with Gasteiger partial charge in [-0.2, -0.15) is 0 Å². The summed E-state index contributed by atoms with van der Waals surface area (Å²) < 4.78 is 0. The zero-order chi connectivity index (χ0) is 15.5. The number of thiophene rings is 1. The quantitative estimate of drug-likeness (QED) is 0.640. The second kappa shape index (κ2) is 6.71. The molecule has 5 heteroatoms. The molecule has 1 fully saturated rings. The molecule has 0 bridgehead atoms. The molecule has 21 heavy (non-hydrogen) atoms. The largest absolute Gasteiger partial charge is 0.299 e. The fourth-order valence-corrected chi connectivity index (χ4v) is 3.98. The second-order valence-corrected chi connectivity index (χ2v) is 7.41. The number of ketones is 1. The van der Waals surface area contributed by atoms with Crippen molar-refractivity contribution in [3.8, 4) is 0 Å². The van der Waals surface area contributed by atoms with Crippen LogP contribution in [0, 0.1) is 5.41 Å². The smallest absolute Gasteiger partial charge is 0.284 e. The lowest BCUT2D eigenvalue weighted by Gasteiger charge is -2.32. The van der Waals surface area contributed by atoms with E-state index in [2.05, 4.69) is 6.92 Å². The molecule has 0 spiro atoms. The van der Waals surface area contributed by atoms with Gasteiger partial charge < -0.3 is 0 Å². The molecule has 0 aliphatic heterocycles. The highest BCUT2D eigenvalue weighted by molar-refractivity contribution is 7.14. The number of Topliss-reactive ketones (excluding diaryl/α,β-unsaturated/α-hetero) is 1. The van der Waals surface area contributed by atoms with Crippen LogP contribution in [-0.2, 0) is 4.79 Å². The highest BCUT2D eigenvalue weighted by atomic mass is 32.1. The summed E-state index contributed by atoms with van der Waals surface area (Å²) in [6.07, 6.45) is 6.06. The van der Waals surface area contributed by atoms with Gasteiger partial charge in [0.1, 0.15) is 5.78 Å². The van der Waals surface area contributed by atoms with E-state index >= 15 is 0 Å². The topological polar surface area (TPSA) is 66.4 Å². The molecule has 0 saturated heterocycles. The maximum Gasteiger partial charge on any atom is 0.284 e. The van der Waals surface area contributed by atoms with E-state index in [-0.39, 0.29) is 11.3 Å². The third-order valence-corrected chi connectivity index (χ3v) is 5.88. The summed E-state index contributed by atoms with van der Waals surface area (Å²) in [6, 6.07) is 3.56. The van der Waals surface area contributed by atoms with Gasteiger partial charge in [0.15, 0.2) is 0 Å². The summed E-state index contributed by atoms with van der Waals surface area (Å²) in [5, 5.41) is 8.64. The van der Waals surface area contributed by atoms with Crippen molar-refractivity contribution in [3.63, 3.8) is 0 Å². The Bertz CT molecular complexity index is 517. The normalized spacial score (nSPS) is 19.0. The maximum atomic E-state index is 12.6. The predicted octanol–water partition coefficient (Wildman–Crippen LogP) is 3.90. The van der Waals surface area contributed by atoms with E-state index in [1.165, 1.54) is 17.8 Å². The Hall–Kier alpha value is -1.20. The molecule has 2 rings (SSSR count). The fraction of sp³-hybridized carbons (Fsp3) is 0.625. The Balaban J connectivity index is 2.00. The van der Waals surface area contributed by atoms with Crippen LogP contribution in [-0.4, -0.2) is 16.9 Å². The minimum absolute atomic E-state index is 0.112. The molecule has 1 atom stereocenters. The lowest BCUT2D eigenvalue weighted by Crippen LogP contribution is -2.31. The van der Waals surface area contributed by atoms with Crippen LogP contribution in [0.5, 0.6) is 0 Å². The van der Waals surface area contributed by atoms with Crippen LogP contribution >= 0.6 is 11.3 Å². The average Bonchev–Trinajstić information content (AvgIpc) is 2.97. The summed E-state index contributed by atoms with van der Waals surface area (Å²) >= 11 is 1.34. The molecule has 0 unspecified atom stereocenters. The van der Waals surface area contributed by atoms with Crippen LogP contribution in [0.25, 0.3) is 0 Å². The minimum atomic E-state index is -0.496. The number of hydrogen-bond donors (Lipinski definition) is 2. The zero-order valence-corrected chi connectivity index (χ0v) is 13.5. The van der Waals surface area contributed by atoms with Gasteiger partial charge >= 0.3 is 0 Å². The van der Waals surface area contributed by atoms with E-state index in [0.717, 1.165) is 30.6 Å². The summed E-state index contributed by atoms with van der Waals surface area (Å²) in [6.45, 7) is 4.12. The highest BCUT2D eigenvalue weighted by Crippen LogP contribution is 2.39. The first-order valence-corrected chi connectivity index (χ1v) is 8.35. The standard InChI is InChI=1S/C16H23NO3S/c1-11(12-6-7-13(21-12)15(19)17-20)10-14(18)16(2)8-4-3-5-9-16/h6-7,11,20H,3-5,8-10H2,1-2H3,(H,17,19)/t11-/m0/s1. The van der Waals surface area contributed by atoms with Crippen LogP contribution in [0.4, 0.5) is 0 Å². The summed E-state index contributed by atoms with van der Waals surface area (Å²) in [7, 11) is 0.